The maximum atomic E-state index is 8.74. The van der Waals surface area contributed by atoms with Gasteiger partial charge in [-0.25, -0.2) is 0 Å². The van der Waals surface area contributed by atoms with E-state index in [0.29, 0.717) is 29.5 Å². The van der Waals surface area contributed by atoms with Gasteiger partial charge >= 0.3 is 0 Å². The van der Waals surface area contributed by atoms with Crippen LogP contribution >= 0.6 is 11.6 Å². The summed E-state index contributed by atoms with van der Waals surface area (Å²) in [6, 6.07) is 10.9. The zero-order chi connectivity index (χ0) is 14.2. The molecule has 1 aromatic heterocycles. The van der Waals surface area contributed by atoms with Crippen LogP contribution in [0.1, 0.15) is 12.0 Å². The first-order chi connectivity index (χ1) is 9.78. The summed E-state index contributed by atoms with van der Waals surface area (Å²) < 4.78 is 11.0. The third-order valence-electron chi connectivity index (χ3n) is 2.48. The molecule has 1 heterocycles. The summed E-state index contributed by atoms with van der Waals surface area (Å²) in [5, 5.41) is 9.43. The minimum absolute atomic E-state index is 0.486. The molecule has 0 bridgehead atoms. The van der Waals surface area contributed by atoms with Crippen molar-refractivity contribution in [3.05, 3.63) is 53.3 Å². The van der Waals surface area contributed by atoms with Gasteiger partial charge in [0.1, 0.15) is 17.6 Å². The average molecular weight is 289 g/mol. The Balaban J connectivity index is 1.69. The third kappa shape index (κ3) is 4.45. The smallest absolute Gasteiger partial charge is 0.138 e. The van der Waals surface area contributed by atoms with E-state index in [1.165, 1.54) is 6.20 Å². The minimum Gasteiger partial charge on any atom is -0.493 e. The number of halogens is 1. The first-order valence-electron chi connectivity index (χ1n) is 6.14. The second-order valence-corrected chi connectivity index (χ2v) is 4.46. The highest BCUT2D eigenvalue weighted by Crippen LogP contribution is 2.15. The summed E-state index contributed by atoms with van der Waals surface area (Å²) in [4.78, 5) is 3.92. The van der Waals surface area contributed by atoms with E-state index in [2.05, 4.69) is 4.98 Å². The molecule has 0 saturated heterocycles. The van der Waals surface area contributed by atoms with Crippen molar-refractivity contribution in [2.45, 2.75) is 6.42 Å². The number of hydrogen-bond acceptors (Lipinski definition) is 4. The molecule has 2 aromatic rings. The van der Waals surface area contributed by atoms with Gasteiger partial charge in [0.15, 0.2) is 0 Å². The number of nitrogens with zero attached hydrogens (tertiary/aromatic N) is 2. The van der Waals surface area contributed by atoms with Gasteiger partial charge in [-0.05, 0) is 24.3 Å². The molecule has 0 fully saturated rings. The molecule has 0 atom stereocenters. The quantitative estimate of drug-likeness (QED) is 0.764. The summed E-state index contributed by atoms with van der Waals surface area (Å²) in [6.07, 6.45) is 3.82. The Morgan fingerprint density at radius 3 is 2.45 bits per heavy atom. The summed E-state index contributed by atoms with van der Waals surface area (Å²) in [5.41, 5.74) is 0.486. The first-order valence-corrected chi connectivity index (χ1v) is 6.52. The predicted octanol–water partition coefficient (Wildman–Crippen LogP) is 3.45. The van der Waals surface area contributed by atoms with Crippen LogP contribution < -0.4 is 9.47 Å². The highest BCUT2D eigenvalue weighted by atomic mass is 35.5. The van der Waals surface area contributed by atoms with Crippen molar-refractivity contribution in [3.8, 4) is 17.6 Å². The van der Waals surface area contributed by atoms with Gasteiger partial charge in [0.2, 0.25) is 0 Å². The zero-order valence-electron chi connectivity index (χ0n) is 10.8. The van der Waals surface area contributed by atoms with Gasteiger partial charge in [0.05, 0.1) is 25.0 Å². The summed E-state index contributed by atoms with van der Waals surface area (Å²) in [6.45, 7) is 1.05. The van der Waals surface area contributed by atoms with Crippen LogP contribution in [0, 0.1) is 11.3 Å². The van der Waals surface area contributed by atoms with Crippen molar-refractivity contribution in [1.29, 1.82) is 5.26 Å². The van der Waals surface area contributed by atoms with E-state index in [1.54, 1.807) is 24.4 Å². The van der Waals surface area contributed by atoms with E-state index in [-0.39, 0.29) is 0 Å². The van der Waals surface area contributed by atoms with Crippen LogP contribution in [-0.2, 0) is 0 Å². The Labute approximate surface area is 122 Å². The molecule has 0 unspecified atom stereocenters. The number of nitriles is 1. The van der Waals surface area contributed by atoms with Crippen molar-refractivity contribution in [2.75, 3.05) is 13.2 Å². The highest BCUT2D eigenvalue weighted by Gasteiger charge is 1.98. The number of ether oxygens (including phenoxy) is 2. The van der Waals surface area contributed by atoms with Crippen molar-refractivity contribution in [1.82, 2.24) is 4.98 Å². The van der Waals surface area contributed by atoms with Gasteiger partial charge < -0.3 is 9.47 Å². The number of benzene rings is 1. The van der Waals surface area contributed by atoms with Crippen molar-refractivity contribution in [3.63, 3.8) is 0 Å². The molecule has 0 radical (unpaired) electrons. The molecule has 1 aromatic carbocycles. The van der Waals surface area contributed by atoms with Crippen LogP contribution in [0.5, 0.6) is 11.5 Å². The van der Waals surface area contributed by atoms with Crippen molar-refractivity contribution < 1.29 is 9.47 Å². The minimum atomic E-state index is 0.486. The highest BCUT2D eigenvalue weighted by molar-refractivity contribution is 6.30. The Morgan fingerprint density at radius 1 is 1.05 bits per heavy atom. The Morgan fingerprint density at radius 2 is 1.75 bits per heavy atom. The largest absolute Gasteiger partial charge is 0.493 e. The monoisotopic (exact) mass is 288 g/mol. The summed E-state index contributed by atoms with van der Waals surface area (Å²) in [5.74, 6) is 1.37. The Kier molecular flexibility index (Phi) is 5.22. The van der Waals surface area contributed by atoms with Crippen molar-refractivity contribution in [2.24, 2.45) is 0 Å². The van der Waals surface area contributed by atoms with E-state index >= 15 is 0 Å². The fourth-order valence-electron chi connectivity index (χ4n) is 1.53. The van der Waals surface area contributed by atoms with E-state index in [9.17, 15) is 0 Å². The normalized spacial score (nSPS) is 9.80. The van der Waals surface area contributed by atoms with Crippen LogP contribution in [0.25, 0.3) is 0 Å². The van der Waals surface area contributed by atoms with Crippen LogP contribution in [0.4, 0.5) is 0 Å². The van der Waals surface area contributed by atoms with Gasteiger partial charge in [-0.3, -0.25) is 4.98 Å². The van der Waals surface area contributed by atoms with Gasteiger partial charge in [0.25, 0.3) is 0 Å². The third-order valence-corrected chi connectivity index (χ3v) is 2.73. The lowest BCUT2D eigenvalue weighted by molar-refractivity contribution is 0.247. The fourth-order valence-corrected chi connectivity index (χ4v) is 1.65. The standard InChI is InChI=1S/C15H13ClN2O2/c16-13-2-4-14(5-3-13)19-6-1-7-20-15-8-12(9-17)10-18-11-15/h2-5,8,10-11H,1,6-7H2. The van der Waals surface area contributed by atoms with Gasteiger partial charge in [-0.2, -0.15) is 5.26 Å². The molecule has 0 saturated carbocycles. The molecule has 0 aliphatic heterocycles. The van der Waals surface area contributed by atoms with Crippen LogP contribution in [0.3, 0.4) is 0 Å². The van der Waals surface area contributed by atoms with Crippen LogP contribution in [0.2, 0.25) is 5.02 Å². The molecule has 0 amide bonds. The molecule has 5 heteroatoms. The van der Waals surface area contributed by atoms with Gasteiger partial charge in [-0.15, -0.1) is 0 Å². The molecular weight excluding hydrogens is 276 g/mol. The van der Waals surface area contributed by atoms with Gasteiger partial charge in [-0.1, -0.05) is 11.6 Å². The SMILES string of the molecule is N#Cc1cncc(OCCCOc2ccc(Cl)cc2)c1. The van der Waals surface area contributed by atoms with E-state index in [0.717, 1.165) is 12.2 Å². The summed E-state index contributed by atoms with van der Waals surface area (Å²) >= 11 is 5.78. The number of pyridine rings is 1. The van der Waals surface area contributed by atoms with E-state index < -0.39 is 0 Å². The maximum Gasteiger partial charge on any atom is 0.138 e. The maximum absolute atomic E-state index is 8.74. The van der Waals surface area contributed by atoms with E-state index in [4.69, 9.17) is 26.3 Å². The van der Waals surface area contributed by atoms with Crippen LogP contribution in [0.15, 0.2) is 42.7 Å². The van der Waals surface area contributed by atoms with E-state index in [1.807, 2.05) is 18.2 Å². The molecular formula is C15H13ClN2O2. The number of hydrogen-bond donors (Lipinski definition) is 0. The Bertz CT molecular complexity index is 594. The first kappa shape index (κ1) is 14.2. The average Bonchev–Trinajstić information content (AvgIpc) is 2.49. The number of aromatic nitrogens is 1. The number of rotatable bonds is 6. The lowest BCUT2D eigenvalue weighted by atomic mass is 10.3. The Hall–Kier alpha value is -2.25. The molecule has 0 aliphatic carbocycles. The second-order valence-electron chi connectivity index (χ2n) is 4.03. The molecule has 2 rings (SSSR count). The van der Waals surface area contributed by atoms with Gasteiger partial charge in [0, 0.05) is 23.7 Å². The lowest BCUT2D eigenvalue weighted by Crippen LogP contribution is -2.05. The fraction of sp³-hybridized carbons (Fsp3) is 0.200. The molecule has 102 valence electrons. The topological polar surface area (TPSA) is 55.1 Å². The molecule has 0 spiro atoms. The second kappa shape index (κ2) is 7.37. The van der Waals surface area contributed by atoms with Crippen LogP contribution in [-0.4, -0.2) is 18.2 Å². The zero-order valence-corrected chi connectivity index (χ0v) is 11.5. The molecule has 4 nitrogen and oxygen atoms in total. The predicted molar refractivity (Wildman–Crippen MR) is 76.0 cm³/mol. The lowest BCUT2D eigenvalue weighted by Gasteiger charge is -2.08. The molecule has 0 N–H and O–H groups in total. The summed E-state index contributed by atoms with van der Waals surface area (Å²) in [7, 11) is 0. The molecule has 20 heavy (non-hydrogen) atoms. The van der Waals surface area contributed by atoms with Crippen molar-refractivity contribution >= 4 is 11.6 Å². The molecule has 0 aliphatic rings.